The van der Waals surface area contributed by atoms with E-state index in [2.05, 4.69) is 12.1 Å². The first-order valence-corrected chi connectivity index (χ1v) is 3.43. The van der Waals surface area contributed by atoms with Gasteiger partial charge < -0.3 is 4.84 Å². The van der Waals surface area contributed by atoms with Crippen LogP contribution in [0.25, 0.3) is 6.08 Å². The Bertz CT molecular complexity index is 228. The van der Waals surface area contributed by atoms with Crippen LogP contribution in [0.3, 0.4) is 0 Å². The molecule has 0 atom stereocenters. The van der Waals surface area contributed by atoms with Crippen molar-refractivity contribution in [1.29, 1.82) is 0 Å². The molecule has 0 aliphatic carbocycles. The van der Waals surface area contributed by atoms with Gasteiger partial charge in [-0.3, -0.25) is 0 Å². The van der Waals surface area contributed by atoms with Gasteiger partial charge in [0.1, 0.15) is 5.75 Å². The lowest BCUT2D eigenvalue weighted by atomic mass is 10.2. The molecule has 1 N–H and O–H groups in total. The Kier molecular flexibility index (Phi) is 2.69. The lowest BCUT2D eigenvalue weighted by Crippen LogP contribution is -2.10. The predicted molar refractivity (Wildman–Crippen MR) is 46.2 cm³/mol. The number of benzene rings is 1. The molecule has 11 heavy (non-hydrogen) atoms. The average Bonchev–Trinajstić information content (AvgIpc) is 2.07. The molecule has 0 amide bonds. The highest BCUT2D eigenvalue weighted by molar-refractivity contribution is 5.48. The summed E-state index contributed by atoms with van der Waals surface area (Å²) in [6.07, 6.45) is 1.79. The third kappa shape index (κ3) is 2.09. The second-order valence-electron chi connectivity index (χ2n) is 2.08. The Balaban J connectivity index is 2.74. The third-order valence-corrected chi connectivity index (χ3v) is 1.34. The second kappa shape index (κ2) is 3.78. The van der Waals surface area contributed by atoms with Crippen molar-refractivity contribution in [2.75, 3.05) is 7.05 Å². The van der Waals surface area contributed by atoms with Gasteiger partial charge in [-0.15, -0.1) is 0 Å². The summed E-state index contributed by atoms with van der Waals surface area (Å²) in [5.41, 5.74) is 3.69. The van der Waals surface area contributed by atoms with Crippen LogP contribution in [0.15, 0.2) is 30.8 Å². The topological polar surface area (TPSA) is 21.3 Å². The fraction of sp³-hybridized carbons (Fsp3) is 0.111. The van der Waals surface area contributed by atoms with E-state index in [9.17, 15) is 0 Å². The molecule has 0 unspecified atom stereocenters. The van der Waals surface area contributed by atoms with E-state index in [4.69, 9.17) is 4.84 Å². The third-order valence-electron chi connectivity index (χ3n) is 1.34. The summed E-state index contributed by atoms with van der Waals surface area (Å²) in [4.78, 5) is 5.02. The zero-order valence-corrected chi connectivity index (χ0v) is 6.50. The molecule has 0 aliphatic heterocycles. The van der Waals surface area contributed by atoms with E-state index in [-0.39, 0.29) is 0 Å². The molecular weight excluding hydrogens is 138 g/mol. The van der Waals surface area contributed by atoms with E-state index in [1.165, 1.54) is 0 Å². The normalized spacial score (nSPS) is 9.18. The maximum atomic E-state index is 5.02. The molecule has 0 fully saturated rings. The predicted octanol–water partition coefficient (Wildman–Crippen LogP) is 1.84. The van der Waals surface area contributed by atoms with Crippen LogP contribution in [0, 0.1) is 0 Å². The van der Waals surface area contributed by atoms with Crippen molar-refractivity contribution in [3.63, 3.8) is 0 Å². The molecule has 1 aromatic rings. The van der Waals surface area contributed by atoms with Gasteiger partial charge in [0.25, 0.3) is 0 Å². The molecule has 0 saturated heterocycles. The van der Waals surface area contributed by atoms with Gasteiger partial charge in [0, 0.05) is 7.05 Å². The molecule has 2 heteroatoms. The van der Waals surface area contributed by atoms with Gasteiger partial charge in [-0.05, 0) is 17.7 Å². The fourth-order valence-electron chi connectivity index (χ4n) is 0.790. The summed E-state index contributed by atoms with van der Waals surface area (Å²) >= 11 is 0. The minimum atomic E-state index is 0.804. The smallest absolute Gasteiger partial charge is 0.147 e. The summed E-state index contributed by atoms with van der Waals surface area (Å²) in [7, 11) is 1.72. The van der Waals surface area contributed by atoms with Crippen LogP contribution >= 0.6 is 0 Å². The maximum absolute atomic E-state index is 5.02. The molecule has 0 heterocycles. The Labute approximate surface area is 66.5 Å². The van der Waals surface area contributed by atoms with Gasteiger partial charge in [-0.1, -0.05) is 24.8 Å². The Hall–Kier alpha value is -1.28. The van der Waals surface area contributed by atoms with Gasteiger partial charge in [0.15, 0.2) is 0 Å². The van der Waals surface area contributed by atoms with Crippen molar-refractivity contribution in [3.8, 4) is 5.75 Å². The molecule has 2 nitrogen and oxygen atoms in total. The van der Waals surface area contributed by atoms with Crippen molar-refractivity contribution in [2.45, 2.75) is 0 Å². The van der Waals surface area contributed by atoms with Crippen molar-refractivity contribution in [2.24, 2.45) is 0 Å². The Morgan fingerprint density at radius 1 is 1.36 bits per heavy atom. The number of rotatable bonds is 3. The molecule has 0 saturated carbocycles. The zero-order chi connectivity index (χ0) is 8.10. The van der Waals surface area contributed by atoms with Crippen LogP contribution in [-0.2, 0) is 0 Å². The highest BCUT2D eigenvalue weighted by atomic mass is 16.6. The molecule has 1 aromatic carbocycles. The van der Waals surface area contributed by atoms with Crippen LogP contribution in [-0.4, -0.2) is 7.05 Å². The SMILES string of the molecule is C=Cc1ccc(ONC)cc1. The summed E-state index contributed by atoms with van der Waals surface area (Å²) in [6, 6.07) is 7.65. The van der Waals surface area contributed by atoms with Crippen molar-refractivity contribution >= 4 is 6.08 Å². The molecule has 0 spiro atoms. The number of nitrogens with one attached hydrogen (secondary N) is 1. The van der Waals surface area contributed by atoms with E-state index >= 15 is 0 Å². The Morgan fingerprint density at radius 2 is 2.00 bits per heavy atom. The monoisotopic (exact) mass is 149 g/mol. The zero-order valence-electron chi connectivity index (χ0n) is 6.50. The van der Waals surface area contributed by atoms with Gasteiger partial charge >= 0.3 is 0 Å². The minimum Gasteiger partial charge on any atom is -0.409 e. The van der Waals surface area contributed by atoms with Gasteiger partial charge in [-0.2, -0.15) is 5.48 Å². The number of hydrogen-bond acceptors (Lipinski definition) is 2. The minimum absolute atomic E-state index is 0.804. The van der Waals surface area contributed by atoms with E-state index in [0.29, 0.717) is 0 Å². The highest BCUT2D eigenvalue weighted by Crippen LogP contribution is 2.11. The lowest BCUT2D eigenvalue weighted by Gasteiger charge is -2.01. The summed E-state index contributed by atoms with van der Waals surface area (Å²) in [5.74, 6) is 0.804. The Morgan fingerprint density at radius 3 is 2.45 bits per heavy atom. The average molecular weight is 149 g/mol. The van der Waals surface area contributed by atoms with Crippen molar-refractivity contribution in [1.82, 2.24) is 5.48 Å². The van der Waals surface area contributed by atoms with Crippen molar-refractivity contribution < 1.29 is 4.84 Å². The molecule has 0 radical (unpaired) electrons. The standard InChI is InChI=1S/C9H11NO/c1-3-8-4-6-9(7-5-8)11-10-2/h3-7,10H,1H2,2H3. The highest BCUT2D eigenvalue weighted by Gasteiger charge is 1.89. The van der Waals surface area contributed by atoms with Crippen LogP contribution in [0.4, 0.5) is 0 Å². The molecule has 0 aromatic heterocycles. The number of hydrogen-bond donors (Lipinski definition) is 1. The van der Waals surface area contributed by atoms with Crippen LogP contribution < -0.4 is 10.3 Å². The van der Waals surface area contributed by atoms with Crippen LogP contribution in [0.5, 0.6) is 5.75 Å². The number of hydroxylamine groups is 1. The van der Waals surface area contributed by atoms with E-state index in [1.807, 2.05) is 24.3 Å². The van der Waals surface area contributed by atoms with Crippen LogP contribution in [0.1, 0.15) is 5.56 Å². The van der Waals surface area contributed by atoms with E-state index in [1.54, 1.807) is 13.1 Å². The molecule has 0 bridgehead atoms. The molecular formula is C9H11NO. The van der Waals surface area contributed by atoms with Gasteiger partial charge in [0.2, 0.25) is 0 Å². The fourth-order valence-corrected chi connectivity index (χ4v) is 0.790. The summed E-state index contributed by atoms with van der Waals surface area (Å²) < 4.78 is 0. The lowest BCUT2D eigenvalue weighted by molar-refractivity contribution is 0.224. The van der Waals surface area contributed by atoms with E-state index < -0.39 is 0 Å². The summed E-state index contributed by atoms with van der Waals surface area (Å²) in [6.45, 7) is 3.65. The molecule has 0 aliphatic rings. The van der Waals surface area contributed by atoms with Gasteiger partial charge in [0.05, 0.1) is 0 Å². The molecule has 58 valence electrons. The molecule has 1 rings (SSSR count). The summed E-state index contributed by atoms with van der Waals surface area (Å²) in [5, 5.41) is 0. The first-order chi connectivity index (χ1) is 5.36. The van der Waals surface area contributed by atoms with Crippen molar-refractivity contribution in [3.05, 3.63) is 36.4 Å². The van der Waals surface area contributed by atoms with E-state index in [0.717, 1.165) is 11.3 Å². The largest absolute Gasteiger partial charge is 0.409 e. The second-order valence-corrected chi connectivity index (χ2v) is 2.08. The maximum Gasteiger partial charge on any atom is 0.147 e. The first-order valence-electron chi connectivity index (χ1n) is 3.43. The first kappa shape index (κ1) is 7.82. The van der Waals surface area contributed by atoms with Gasteiger partial charge in [-0.25, -0.2) is 0 Å². The van der Waals surface area contributed by atoms with Crippen LogP contribution in [0.2, 0.25) is 0 Å². The quantitative estimate of drug-likeness (QED) is 0.662.